The number of benzene rings is 3. The normalized spacial score (nSPS) is 23.3. The number of carbonyl (C=O) groups excluding carboxylic acids is 2. The van der Waals surface area contributed by atoms with Crippen molar-refractivity contribution in [3.8, 4) is 17.2 Å². The van der Waals surface area contributed by atoms with E-state index in [0.29, 0.717) is 66.9 Å². The molecule has 0 heterocycles. The van der Waals surface area contributed by atoms with Gasteiger partial charge in [0, 0.05) is 34.2 Å². The Labute approximate surface area is 309 Å². The van der Waals surface area contributed by atoms with E-state index < -0.39 is 17.1 Å². The molecule has 1 fully saturated rings. The molecule has 52 heavy (non-hydrogen) atoms. The molecule has 0 radical (unpaired) electrons. The molecule has 3 aromatic carbocycles. The summed E-state index contributed by atoms with van der Waals surface area (Å²) in [5.41, 5.74) is 2.88. The molecule has 4 unspecified atom stereocenters. The van der Waals surface area contributed by atoms with E-state index in [4.69, 9.17) is 14.2 Å². The molecule has 2 amide bonds. The van der Waals surface area contributed by atoms with Crippen LogP contribution in [0.2, 0.25) is 0 Å². The molecule has 9 heteroatoms. The molecule has 9 nitrogen and oxygen atoms in total. The van der Waals surface area contributed by atoms with Crippen LogP contribution in [-0.2, 0) is 13.0 Å². The van der Waals surface area contributed by atoms with Crippen LogP contribution < -0.4 is 19.5 Å². The van der Waals surface area contributed by atoms with Crippen LogP contribution in [0, 0.1) is 5.41 Å². The number of fused-ring (bicyclic) bond motifs is 8. The first-order valence-electron chi connectivity index (χ1n) is 18.4. The number of methoxy groups -OCH3 is 3. The highest BCUT2D eigenvalue weighted by Crippen LogP contribution is 2.59. The van der Waals surface area contributed by atoms with E-state index in [0.717, 1.165) is 23.1 Å². The van der Waals surface area contributed by atoms with Crippen molar-refractivity contribution in [2.45, 2.75) is 103 Å². The Kier molecular flexibility index (Phi) is 12.4. The van der Waals surface area contributed by atoms with E-state index in [2.05, 4.69) is 25.2 Å². The van der Waals surface area contributed by atoms with Crippen molar-refractivity contribution in [1.82, 2.24) is 10.2 Å². The molecule has 0 saturated heterocycles. The Morgan fingerprint density at radius 2 is 1.65 bits per heavy atom. The highest BCUT2D eigenvalue weighted by atomic mass is 16.5. The second-order valence-electron chi connectivity index (χ2n) is 15.1. The number of amides is 2. The minimum Gasteiger partial charge on any atom is -0.497 e. The van der Waals surface area contributed by atoms with Crippen LogP contribution in [0.1, 0.15) is 105 Å². The molecule has 6 rings (SSSR count). The first-order chi connectivity index (χ1) is 24.8. The van der Waals surface area contributed by atoms with Crippen molar-refractivity contribution >= 4 is 11.8 Å². The molecule has 0 aromatic heterocycles. The summed E-state index contributed by atoms with van der Waals surface area (Å²) >= 11 is 0. The first-order valence-corrected chi connectivity index (χ1v) is 18.4. The summed E-state index contributed by atoms with van der Waals surface area (Å²) in [7, 11) is 4.78. The van der Waals surface area contributed by atoms with Crippen LogP contribution in [0.5, 0.6) is 17.2 Å². The van der Waals surface area contributed by atoms with Gasteiger partial charge in [0.15, 0.2) is 5.78 Å². The maximum absolute atomic E-state index is 14.4. The number of aliphatic hydroxyl groups excluding tert-OH is 1. The van der Waals surface area contributed by atoms with Crippen molar-refractivity contribution in [2.24, 2.45) is 5.41 Å². The summed E-state index contributed by atoms with van der Waals surface area (Å²) in [6.07, 6.45) is 5.92. The minimum absolute atomic E-state index is 0.0858. The molecule has 0 aliphatic heterocycles. The summed E-state index contributed by atoms with van der Waals surface area (Å²) in [5, 5.41) is 27.0. The number of urea groups is 1. The van der Waals surface area contributed by atoms with Gasteiger partial charge >= 0.3 is 6.03 Å². The van der Waals surface area contributed by atoms with E-state index in [1.54, 1.807) is 56.6 Å². The highest BCUT2D eigenvalue weighted by molar-refractivity contribution is 6.10. The monoisotopic (exact) mass is 712 g/mol. The zero-order valence-electron chi connectivity index (χ0n) is 31.8. The van der Waals surface area contributed by atoms with Gasteiger partial charge in [-0.2, -0.15) is 0 Å². The molecule has 3 aliphatic carbocycles. The lowest BCUT2D eigenvalue weighted by molar-refractivity contribution is -0.0781. The molecule has 4 atom stereocenters. The van der Waals surface area contributed by atoms with Crippen molar-refractivity contribution in [2.75, 3.05) is 27.9 Å². The molecule has 1 saturated carbocycles. The van der Waals surface area contributed by atoms with Crippen molar-refractivity contribution in [3.05, 3.63) is 100 Å². The Balaban J connectivity index is 1.60. The number of carbonyl (C=O) groups is 2. The van der Waals surface area contributed by atoms with E-state index >= 15 is 0 Å². The van der Waals surface area contributed by atoms with Crippen LogP contribution in [0.3, 0.4) is 0 Å². The predicted molar refractivity (Wildman–Crippen MR) is 203 cm³/mol. The van der Waals surface area contributed by atoms with E-state index in [9.17, 15) is 19.8 Å². The number of nitrogens with one attached hydrogen (secondary N) is 1. The summed E-state index contributed by atoms with van der Waals surface area (Å²) in [6.45, 7) is 8.36. The van der Waals surface area contributed by atoms with Crippen molar-refractivity contribution < 1.29 is 34.0 Å². The van der Waals surface area contributed by atoms with Gasteiger partial charge in [-0.3, -0.25) is 4.79 Å². The Morgan fingerprint density at radius 3 is 2.33 bits per heavy atom. The zero-order valence-corrected chi connectivity index (χ0v) is 31.8. The van der Waals surface area contributed by atoms with E-state index in [-0.39, 0.29) is 36.9 Å². The molecule has 3 N–H and O–H groups in total. The van der Waals surface area contributed by atoms with Gasteiger partial charge < -0.3 is 34.6 Å². The van der Waals surface area contributed by atoms with Crippen LogP contribution in [-0.4, -0.2) is 72.5 Å². The molecular weight excluding hydrogens is 656 g/mol. The molecule has 0 spiro atoms. The number of aliphatic hydroxyl groups is 2. The maximum Gasteiger partial charge on any atom is 0.317 e. The Hall–Kier alpha value is -4.34. The van der Waals surface area contributed by atoms with Crippen molar-refractivity contribution in [1.29, 1.82) is 0 Å². The van der Waals surface area contributed by atoms with Crippen LogP contribution >= 0.6 is 0 Å². The minimum atomic E-state index is -1.29. The molecule has 2 bridgehead atoms. The van der Waals surface area contributed by atoms with Crippen LogP contribution in [0.15, 0.2) is 72.3 Å². The highest BCUT2D eigenvalue weighted by Gasteiger charge is 2.57. The third kappa shape index (κ3) is 8.48. The number of ether oxygens (including phenoxy) is 3. The van der Waals surface area contributed by atoms with Gasteiger partial charge in [-0.1, -0.05) is 30.7 Å². The third-order valence-electron chi connectivity index (χ3n) is 11.3. The number of hydrogen-bond acceptors (Lipinski definition) is 7. The molecular formula is C43H56N2O7. The lowest BCUT2D eigenvalue weighted by Crippen LogP contribution is -2.55. The summed E-state index contributed by atoms with van der Waals surface area (Å²) in [6, 6.07) is 18.3. The number of ketones is 1. The molecule has 280 valence electrons. The number of allylic oxidation sites excluding steroid dienone is 2. The summed E-state index contributed by atoms with van der Waals surface area (Å²) in [5.74, 6) is 1.61. The van der Waals surface area contributed by atoms with E-state index in [1.807, 2.05) is 44.2 Å². The Morgan fingerprint density at radius 1 is 0.942 bits per heavy atom. The topological polar surface area (TPSA) is 118 Å². The fraction of sp³-hybridized carbons (Fsp3) is 0.488. The standard InChI is InChI=1S/C43H56N2O7/c1-28(2)44-41(48)45(26-32-14-18-35(51-6)25-39(32)52-7)27-43(49)22-20-38-36-19-11-30(23-33(46)15-10-29(3)9-8-21-42(38,43)4)24-37(36)40(47)31-12-16-34(50-5)17-13-31/h9,11-14,16-19,24-25,28,33,38,46,49H,8,10,15,20-23,26-27H2,1-7H3,(H,44,48). The fourth-order valence-electron chi connectivity index (χ4n) is 8.14. The zero-order chi connectivity index (χ0) is 37.6. The number of nitrogens with zero attached hydrogens (tertiary/aromatic N) is 1. The average molecular weight is 713 g/mol. The maximum atomic E-state index is 14.4. The smallest absolute Gasteiger partial charge is 0.317 e. The quantitative estimate of drug-likeness (QED) is 0.146. The second kappa shape index (κ2) is 16.6. The van der Waals surface area contributed by atoms with Gasteiger partial charge in [-0.25, -0.2) is 4.79 Å². The predicted octanol–water partition coefficient (Wildman–Crippen LogP) is 7.60. The van der Waals surface area contributed by atoms with Gasteiger partial charge in [-0.05, 0) is 125 Å². The van der Waals surface area contributed by atoms with Crippen LogP contribution in [0.4, 0.5) is 4.79 Å². The first kappa shape index (κ1) is 38.9. The van der Waals surface area contributed by atoms with Gasteiger partial charge in [-0.15, -0.1) is 0 Å². The third-order valence-corrected chi connectivity index (χ3v) is 11.3. The lowest BCUT2D eigenvalue weighted by atomic mass is 9.64. The van der Waals surface area contributed by atoms with Crippen LogP contribution in [0.25, 0.3) is 0 Å². The summed E-state index contributed by atoms with van der Waals surface area (Å²) < 4.78 is 16.5. The molecule has 3 aromatic rings. The van der Waals surface area contributed by atoms with E-state index in [1.165, 1.54) is 5.57 Å². The van der Waals surface area contributed by atoms with Gasteiger partial charge in [0.25, 0.3) is 0 Å². The molecule has 3 aliphatic rings. The number of hydrogen-bond donors (Lipinski definition) is 3. The lowest BCUT2D eigenvalue weighted by Gasteiger charge is -2.46. The van der Waals surface area contributed by atoms with Gasteiger partial charge in [0.05, 0.1) is 46.1 Å². The number of rotatable bonds is 10. The Bertz CT molecular complexity index is 1750. The summed E-state index contributed by atoms with van der Waals surface area (Å²) in [4.78, 5) is 30.0. The van der Waals surface area contributed by atoms with Gasteiger partial charge in [0.2, 0.25) is 0 Å². The fourth-order valence-corrected chi connectivity index (χ4v) is 8.14. The average Bonchev–Trinajstić information content (AvgIpc) is 3.38. The van der Waals surface area contributed by atoms with Gasteiger partial charge in [0.1, 0.15) is 17.2 Å². The SMILES string of the molecule is COc1ccc(C(=O)c2cc3ccc2C2CCC(O)(CN(Cc4ccc(OC)cc4OC)C(=O)NC(C)C)C2(C)CCC=C(C)CCC(O)C3)cc1. The second-order valence-corrected chi connectivity index (χ2v) is 15.1. The van der Waals surface area contributed by atoms with Crippen molar-refractivity contribution in [3.63, 3.8) is 0 Å². The largest absolute Gasteiger partial charge is 0.497 e.